The highest BCUT2D eigenvalue weighted by Gasteiger charge is 2.59. The summed E-state index contributed by atoms with van der Waals surface area (Å²) in [5, 5.41) is 12.6. The Hall–Kier alpha value is -3.79. The zero-order valence-electron chi connectivity index (χ0n) is 32.8. The summed E-state index contributed by atoms with van der Waals surface area (Å²) in [6, 6.07) is 8.02. The Labute approximate surface area is 318 Å². The summed E-state index contributed by atoms with van der Waals surface area (Å²) in [4.78, 5) is 12.0. The monoisotopic (exact) mass is 768 g/mol. The lowest BCUT2D eigenvalue weighted by molar-refractivity contribution is -0.141. The number of nitrogens with one attached hydrogen (secondary N) is 1. The number of aryl methyl sites for hydroxylation is 1. The molecule has 1 aliphatic carbocycles. The van der Waals surface area contributed by atoms with Crippen LogP contribution in [0.5, 0.6) is 0 Å². The van der Waals surface area contributed by atoms with Gasteiger partial charge in [-0.3, -0.25) is 15.3 Å². The Kier molecular flexibility index (Phi) is 21.4. The molecule has 0 amide bonds. The van der Waals surface area contributed by atoms with Crippen molar-refractivity contribution in [1.82, 2.24) is 15.3 Å². The molecule has 2 aromatic heterocycles. The summed E-state index contributed by atoms with van der Waals surface area (Å²) < 4.78 is 70.0. The van der Waals surface area contributed by atoms with Crippen molar-refractivity contribution in [2.24, 2.45) is 10.7 Å². The molecule has 0 radical (unpaired) electrons. The number of aliphatic hydroxyl groups is 1. The summed E-state index contributed by atoms with van der Waals surface area (Å²) >= 11 is 5.95. The van der Waals surface area contributed by atoms with Gasteiger partial charge < -0.3 is 16.6 Å². The molecule has 6 N–H and O–H groups in total. The molecular weight excluding hydrogens is 711 g/mol. The highest BCUT2D eigenvalue weighted by molar-refractivity contribution is 6.33. The van der Waals surface area contributed by atoms with E-state index in [1.807, 2.05) is 60.6 Å². The number of rotatable bonds is 11. The number of terminal acetylenes is 1. The number of hydrogen-bond donors (Lipinski definition) is 4. The zero-order chi connectivity index (χ0) is 41.2. The summed E-state index contributed by atoms with van der Waals surface area (Å²) in [7, 11) is 0. The van der Waals surface area contributed by atoms with Crippen LogP contribution >= 0.6 is 11.6 Å². The second kappa shape index (κ2) is 23.1. The number of halogens is 6. The molecule has 4 rings (SSSR count). The Morgan fingerprint density at radius 3 is 2.19 bits per heavy atom. The Morgan fingerprint density at radius 1 is 1.11 bits per heavy atom. The molecule has 2 heterocycles. The van der Waals surface area contributed by atoms with E-state index < -0.39 is 28.8 Å². The van der Waals surface area contributed by atoms with Crippen molar-refractivity contribution >= 4 is 23.5 Å². The Bertz CT molecular complexity index is 1640. The van der Waals surface area contributed by atoms with E-state index in [4.69, 9.17) is 17.3 Å². The predicted octanol–water partition coefficient (Wildman–Crippen LogP) is 10.1. The number of aliphatic imine (C=N–C) groups is 1. The van der Waals surface area contributed by atoms with Gasteiger partial charge in [-0.2, -0.15) is 13.2 Å². The minimum Gasteiger partial charge on any atom is -0.397 e. The molecule has 2 unspecified atom stereocenters. The number of nitrogen functional groups attached to an aromatic ring is 1. The molecule has 296 valence electrons. The van der Waals surface area contributed by atoms with Crippen LogP contribution in [0.25, 0.3) is 11.3 Å². The van der Waals surface area contributed by atoms with E-state index in [-0.39, 0.29) is 30.5 Å². The van der Waals surface area contributed by atoms with Crippen molar-refractivity contribution in [3.05, 3.63) is 74.9 Å². The standard InChI is InChI=1S/C23H28F5N3O.C11H15ClN2.C2H3N.2C2H6/c1-5-13(2)15-8-18(21(4,11-29-12-32)22(25)6-7-22)31-20(14(15)3)16-9-19(23(26,27)28)30-10-17(16)24;1-3-4-14-7-9-5-8(2)6-10(12)11(9)13;1-2-3;2*1-2/h8-10,13,29,32H,5-7,11-12H2,1-4H3;5-7H,3-4,13H2,1-2H3;1H,3H2;2*1-2H3. The maximum absolute atomic E-state index is 15.5. The van der Waals surface area contributed by atoms with E-state index in [1.165, 1.54) is 0 Å². The normalized spacial score (nSPS) is 14.3. The van der Waals surface area contributed by atoms with Gasteiger partial charge in [-0.05, 0) is 99.4 Å². The van der Waals surface area contributed by atoms with Gasteiger partial charge in [0.2, 0.25) is 0 Å². The number of hydrogen-bond acceptors (Lipinski definition) is 7. The largest absolute Gasteiger partial charge is 0.433 e. The van der Waals surface area contributed by atoms with Crippen molar-refractivity contribution in [1.29, 1.82) is 0 Å². The number of benzene rings is 1. The Balaban J connectivity index is 0.00000107. The minimum atomic E-state index is -4.75. The van der Waals surface area contributed by atoms with Crippen LogP contribution in [0.1, 0.15) is 121 Å². The molecule has 1 aromatic carbocycles. The quantitative estimate of drug-likeness (QED) is 0.0385. The topological polar surface area (TPSA) is 122 Å². The smallest absolute Gasteiger partial charge is 0.397 e. The van der Waals surface area contributed by atoms with Gasteiger partial charge in [-0.25, -0.2) is 13.8 Å². The molecule has 0 saturated heterocycles. The molecule has 2 atom stereocenters. The van der Waals surface area contributed by atoms with E-state index in [1.54, 1.807) is 32.2 Å². The van der Waals surface area contributed by atoms with E-state index in [9.17, 15) is 22.7 Å². The minimum absolute atomic E-state index is 0.00713. The second-order valence-corrected chi connectivity index (χ2v) is 12.7. The zero-order valence-corrected chi connectivity index (χ0v) is 33.5. The van der Waals surface area contributed by atoms with E-state index in [0.717, 1.165) is 36.1 Å². The van der Waals surface area contributed by atoms with Gasteiger partial charge in [-0.15, -0.1) is 0 Å². The maximum Gasteiger partial charge on any atom is 0.433 e. The van der Waals surface area contributed by atoms with Gasteiger partial charge in [-0.1, -0.05) is 66.5 Å². The number of aromatic nitrogens is 2. The number of nitrogens with two attached hydrogens (primary N) is 2. The lowest BCUT2D eigenvalue weighted by Gasteiger charge is -2.34. The molecule has 0 spiro atoms. The van der Waals surface area contributed by atoms with E-state index >= 15 is 4.39 Å². The molecule has 13 heteroatoms. The number of nitrogens with zero attached hydrogens (tertiary/aromatic N) is 3. The molecule has 7 nitrogen and oxygen atoms in total. The predicted molar refractivity (Wildman–Crippen MR) is 210 cm³/mol. The number of alkyl halides is 4. The summed E-state index contributed by atoms with van der Waals surface area (Å²) in [6.07, 6.45) is 4.34. The molecule has 53 heavy (non-hydrogen) atoms. The fourth-order valence-electron chi connectivity index (χ4n) is 5.31. The summed E-state index contributed by atoms with van der Waals surface area (Å²) in [5.74, 6) is -0.940. The highest BCUT2D eigenvalue weighted by atomic mass is 35.5. The van der Waals surface area contributed by atoms with Crippen LogP contribution in [-0.2, 0) is 11.6 Å². The van der Waals surface area contributed by atoms with Crippen molar-refractivity contribution in [3.8, 4) is 23.7 Å². The van der Waals surface area contributed by atoms with Crippen molar-refractivity contribution in [2.75, 3.05) is 25.6 Å². The first-order chi connectivity index (χ1) is 24.9. The van der Waals surface area contributed by atoms with Gasteiger partial charge in [0.15, 0.2) is 5.82 Å². The lowest BCUT2D eigenvalue weighted by atomic mass is 9.77. The van der Waals surface area contributed by atoms with Crippen LogP contribution in [0.15, 0.2) is 35.5 Å². The van der Waals surface area contributed by atoms with E-state index in [0.29, 0.717) is 47.1 Å². The van der Waals surface area contributed by atoms with Crippen LogP contribution in [0.4, 0.5) is 27.6 Å². The van der Waals surface area contributed by atoms with Gasteiger partial charge in [0.25, 0.3) is 0 Å². The molecule has 3 aromatic rings. The molecule has 1 saturated carbocycles. The van der Waals surface area contributed by atoms with Crippen LogP contribution in [-0.4, -0.2) is 46.8 Å². The van der Waals surface area contributed by atoms with Gasteiger partial charge >= 0.3 is 6.18 Å². The molecule has 1 fully saturated rings. The van der Waals surface area contributed by atoms with Crippen LogP contribution in [0.2, 0.25) is 5.02 Å². The average Bonchev–Trinajstić information content (AvgIpc) is 3.90. The third-order valence-corrected chi connectivity index (χ3v) is 8.89. The van der Waals surface area contributed by atoms with Gasteiger partial charge in [0.05, 0.1) is 40.4 Å². The van der Waals surface area contributed by atoms with Crippen LogP contribution < -0.4 is 16.8 Å². The summed E-state index contributed by atoms with van der Waals surface area (Å²) in [6.45, 7) is 19.9. The number of pyridine rings is 2. The van der Waals surface area contributed by atoms with Crippen molar-refractivity contribution < 1.29 is 27.1 Å². The SMILES string of the molecule is C#CN.CC.CC.CCC(C)c1cc(C(C)(CNCO)C2(F)CC2)nc(-c2cc(C(F)(F)F)ncc2F)c1C.CCCN=Cc1cc(C)cc(Cl)c1N. The molecule has 0 bridgehead atoms. The third kappa shape index (κ3) is 13.5. The van der Waals surface area contributed by atoms with Crippen LogP contribution in [0, 0.1) is 32.1 Å². The third-order valence-electron chi connectivity index (χ3n) is 8.58. The number of aliphatic hydroxyl groups excluding tert-OH is 1. The fraction of sp³-hybridized carbons (Fsp3) is 0.525. The molecule has 1 aliphatic rings. The molecule has 0 aliphatic heterocycles. The average molecular weight is 769 g/mol. The Morgan fingerprint density at radius 2 is 1.70 bits per heavy atom. The summed E-state index contributed by atoms with van der Waals surface area (Å²) in [5.41, 5.74) is 10.2. The first-order valence-electron chi connectivity index (χ1n) is 17.9. The maximum atomic E-state index is 15.5. The molecular formula is C40H58ClF5N6O. The van der Waals surface area contributed by atoms with Gasteiger partial charge in [0.1, 0.15) is 11.4 Å². The lowest BCUT2D eigenvalue weighted by Crippen LogP contribution is -2.46. The first kappa shape index (κ1) is 49.2. The first-order valence-corrected chi connectivity index (χ1v) is 18.3. The van der Waals surface area contributed by atoms with Gasteiger partial charge in [0, 0.05) is 30.4 Å². The van der Waals surface area contributed by atoms with E-state index in [2.05, 4.69) is 39.4 Å². The fourth-order valence-corrected chi connectivity index (χ4v) is 5.59. The van der Waals surface area contributed by atoms with Crippen molar-refractivity contribution in [2.45, 2.75) is 118 Å². The second-order valence-electron chi connectivity index (χ2n) is 12.3. The van der Waals surface area contributed by atoms with Crippen molar-refractivity contribution in [3.63, 3.8) is 0 Å². The highest BCUT2D eigenvalue weighted by Crippen LogP contribution is 2.54. The van der Waals surface area contributed by atoms with Crippen LogP contribution in [0.3, 0.4) is 0 Å². The number of anilines is 1.